The van der Waals surface area contributed by atoms with Crippen LogP contribution in [0.2, 0.25) is 0 Å². The Balaban J connectivity index is 1.53. The van der Waals surface area contributed by atoms with Gasteiger partial charge >= 0.3 is 0 Å². The van der Waals surface area contributed by atoms with Crippen molar-refractivity contribution in [1.29, 1.82) is 0 Å². The van der Waals surface area contributed by atoms with Gasteiger partial charge in [-0.3, -0.25) is 9.69 Å². The largest absolute Gasteiger partial charge is 0.507 e. The van der Waals surface area contributed by atoms with E-state index in [4.69, 9.17) is 4.42 Å². The SMILES string of the molecule is Cc1cc(O)c([C@@H](c2ccc(F)cc2)N2CCN(c3ccccc3F)CC2)c(=O)n1Cc1ccco1. The number of aryl methyl sites for hydroxylation is 1. The second kappa shape index (κ2) is 9.99. The lowest BCUT2D eigenvalue weighted by atomic mass is 9.95. The Morgan fingerprint density at radius 3 is 2.36 bits per heavy atom. The molecule has 0 saturated carbocycles. The molecule has 5 rings (SSSR count). The Morgan fingerprint density at radius 1 is 0.972 bits per heavy atom. The summed E-state index contributed by atoms with van der Waals surface area (Å²) in [7, 11) is 0. The summed E-state index contributed by atoms with van der Waals surface area (Å²) in [5.41, 5.74) is 1.71. The van der Waals surface area contributed by atoms with Gasteiger partial charge in [0, 0.05) is 31.9 Å². The second-order valence-corrected chi connectivity index (χ2v) is 8.98. The first kappa shape index (κ1) is 23.8. The Kier molecular flexibility index (Phi) is 6.61. The molecule has 36 heavy (non-hydrogen) atoms. The molecule has 1 N–H and O–H groups in total. The van der Waals surface area contributed by atoms with Crippen molar-refractivity contribution in [1.82, 2.24) is 9.47 Å². The van der Waals surface area contributed by atoms with E-state index in [1.165, 1.54) is 18.2 Å². The van der Waals surface area contributed by atoms with E-state index in [-0.39, 0.29) is 35.1 Å². The summed E-state index contributed by atoms with van der Waals surface area (Å²) >= 11 is 0. The number of nitrogens with zero attached hydrogens (tertiary/aromatic N) is 3. The zero-order valence-corrected chi connectivity index (χ0v) is 19.9. The quantitative estimate of drug-likeness (QED) is 0.424. The smallest absolute Gasteiger partial charge is 0.260 e. The number of hydrogen-bond donors (Lipinski definition) is 1. The summed E-state index contributed by atoms with van der Waals surface area (Å²) in [6.45, 7) is 4.08. The predicted molar refractivity (Wildman–Crippen MR) is 133 cm³/mol. The van der Waals surface area contributed by atoms with Gasteiger partial charge in [-0.15, -0.1) is 0 Å². The van der Waals surface area contributed by atoms with Crippen LogP contribution in [0, 0.1) is 18.6 Å². The number of benzene rings is 2. The van der Waals surface area contributed by atoms with E-state index in [0.717, 1.165) is 0 Å². The van der Waals surface area contributed by atoms with Crippen molar-refractivity contribution in [2.24, 2.45) is 0 Å². The van der Waals surface area contributed by atoms with Gasteiger partial charge in [-0.2, -0.15) is 0 Å². The van der Waals surface area contributed by atoms with E-state index < -0.39 is 6.04 Å². The molecule has 186 valence electrons. The summed E-state index contributed by atoms with van der Waals surface area (Å²) in [6, 6.07) is 17.1. The number of aromatic nitrogens is 1. The Bertz CT molecular complexity index is 1390. The summed E-state index contributed by atoms with van der Waals surface area (Å²) < 4.78 is 35.2. The topological polar surface area (TPSA) is 61.9 Å². The first-order valence-corrected chi connectivity index (χ1v) is 11.9. The molecule has 0 spiro atoms. The average Bonchev–Trinajstić information content (AvgIpc) is 3.39. The lowest BCUT2D eigenvalue weighted by Crippen LogP contribution is -2.49. The van der Waals surface area contributed by atoms with Crippen LogP contribution < -0.4 is 10.5 Å². The van der Waals surface area contributed by atoms with E-state index in [1.807, 2.05) is 4.90 Å². The maximum absolute atomic E-state index is 14.4. The minimum absolute atomic E-state index is 0.112. The third-order valence-electron chi connectivity index (χ3n) is 6.75. The number of furan rings is 1. The van der Waals surface area contributed by atoms with E-state index in [2.05, 4.69) is 4.90 Å². The van der Waals surface area contributed by atoms with E-state index in [9.17, 15) is 18.7 Å². The minimum atomic E-state index is -0.607. The molecule has 8 heteroatoms. The molecule has 0 radical (unpaired) electrons. The molecule has 1 fully saturated rings. The molecule has 1 aliphatic rings. The summed E-state index contributed by atoms with van der Waals surface area (Å²) in [6.07, 6.45) is 1.55. The van der Waals surface area contributed by atoms with Gasteiger partial charge in [-0.25, -0.2) is 8.78 Å². The van der Waals surface area contributed by atoms with Crippen molar-refractivity contribution in [3.63, 3.8) is 0 Å². The maximum atomic E-state index is 14.4. The van der Waals surface area contributed by atoms with Gasteiger partial charge in [0.05, 0.1) is 30.1 Å². The number of aromatic hydroxyl groups is 1. The first-order valence-electron chi connectivity index (χ1n) is 11.9. The van der Waals surface area contributed by atoms with Gasteiger partial charge in [-0.05, 0) is 55.0 Å². The lowest BCUT2D eigenvalue weighted by Gasteiger charge is -2.40. The molecule has 2 aromatic heterocycles. The molecule has 1 atom stereocenters. The molecule has 0 bridgehead atoms. The number of hydrogen-bond acceptors (Lipinski definition) is 5. The highest BCUT2D eigenvalue weighted by molar-refractivity contribution is 5.48. The van der Waals surface area contributed by atoms with E-state index in [0.29, 0.717) is 48.9 Å². The van der Waals surface area contributed by atoms with Crippen LogP contribution in [0.3, 0.4) is 0 Å². The molecular weight excluding hydrogens is 464 g/mol. The molecule has 0 aliphatic carbocycles. The van der Waals surface area contributed by atoms with Gasteiger partial charge in [-0.1, -0.05) is 24.3 Å². The van der Waals surface area contributed by atoms with Crippen molar-refractivity contribution in [3.8, 4) is 5.75 Å². The van der Waals surface area contributed by atoms with Crippen LogP contribution in [0.25, 0.3) is 0 Å². The Labute approximate surface area is 207 Å². The third kappa shape index (κ3) is 4.64. The van der Waals surface area contributed by atoms with Crippen LogP contribution in [-0.2, 0) is 6.54 Å². The number of anilines is 1. The Hall–Kier alpha value is -3.91. The first-order chi connectivity index (χ1) is 17.4. The van der Waals surface area contributed by atoms with Gasteiger partial charge in [0.2, 0.25) is 0 Å². The number of rotatable bonds is 6. The summed E-state index contributed by atoms with van der Waals surface area (Å²) in [5, 5.41) is 11.0. The monoisotopic (exact) mass is 491 g/mol. The Morgan fingerprint density at radius 2 is 1.69 bits per heavy atom. The molecule has 0 amide bonds. The number of piperazine rings is 1. The highest BCUT2D eigenvalue weighted by Crippen LogP contribution is 2.34. The van der Waals surface area contributed by atoms with Gasteiger partial charge < -0.3 is 19.0 Å². The molecule has 1 aliphatic heterocycles. The number of para-hydroxylation sites is 1. The molecular formula is C28H27F2N3O3. The summed E-state index contributed by atoms with van der Waals surface area (Å²) in [5.74, 6) is -0.156. The fourth-order valence-electron chi connectivity index (χ4n) is 4.91. The number of halogens is 2. The van der Waals surface area contributed by atoms with Crippen LogP contribution in [0.15, 0.2) is 82.2 Å². The van der Waals surface area contributed by atoms with Crippen LogP contribution in [0.4, 0.5) is 14.5 Å². The predicted octanol–water partition coefficient (Wildman–Crippen LogP) is 4.69. The van der Waals surface area contributed by atoms with Crippen LogP contribution in [0.5, 0.6) is 5.75 Å². The fraction of sp³-hybridized carbons (Fsp3) is 0.250. The highest BCUT2D eigenvalue weighted by Gasteiger charge is 2.32. The number of pyridine rings is 1. The van der Waals surface area contributed by atoms with Crippen LogP contribution in [0.1, 0.15) is 28.6 Å². The molecule has 2 aromatic carbocycles. The minimum Gasteiger partial charge on any atom is -0.507 e. The van der Waals surface area contributed by atoms with Gasteiger partial charge in [0.1, 0.15) is 23.1 Å². The van der Waals surface area contributed by atoms with Crippen LogP contribution >= 0.6 is 0 Å². The zero-order valence-electron chi connectivity index (χ0n) is 19.9. The summed E-state index contributed by atoms with van der Waals surface area (Å²) in [4.78, 5) is 17.8. The van der Waals surface area contributed by atoms with Gasteiger partial charge in [0.25, 0.3) is 5.56 Å². The standard InChI is InChI=1S/C28H27F2N3O3/c1-19-17-25(34)26(28(35)33(19)18-22-5-4-16-36-22)27(20-8-10-21(29)11-9-20)32-14-12-31(13-15-32)24-7-3-2-6-23(24)30/h2-11,16-17,27,34H,12-15,18H2,1H3/t27-/m1/s1. The third-order valence-corrected chi connectivity index (χ3v) is 6.75. The zero-order chi connectivity index (χ0) is 25.2. The molecule has 4 aromatic rings. The lowest BCUT2D eigenvalue weighted by molar-refractivity contribution is 0.207. The molecule has 3 heterocycles. The average molecular weight is 492 g/mol. The molecule has 1 saturated heterocycles. The van der Waals surface area contributed by atoms with Crippen molar-refractivity contribution >= 4 is 5.69 Å². The van der Waals surface area contributed by atoms with Gasteiger partial charge in [0.15, 0.2) is 0 Å². The van der Waals surface area contributed by atoms with E-state index in [1.54, 1.807) is 66.3 Å². The molecule has 6 nitrogen and oxygen atoms in total. The van der Waals surface area contributed by atoms with Crippen molar-refractivity contribution in [3.05, 3.63) is 118 Å². The fourth-order valence-corrected chi connectivity index (χ4v) is 4.91. The van der Waals surface area contributed by atoms with E-state index >= 15 is 0 Å². The highest BCUT2D eigenvalue weighted by atomic mass is 19.1. The normalized spacial score (nSPS) is 15.2. The van der Waals surface area contributed by atoms with Crippen molar-refractivity contribution in [2.45, 2.75) is 19.5 Å². The second-order valence-electron chi connectivity index (χ2n) is 8.98. The molecule has 0 unspecified atom stereocenters. The van der Waals surface area contributed by atoms with Crippen molar-refractivity contribution in [2.75, 3.05) is 31.1 Å². The maximum Gasteiger partial charge on any atom is 0.260 e. The van der Waals surface area contributed by atoms with Crippen molar-refractivity contribution < 1.29 is 18.3 Å². The van der Waals surface area contributed by atoms with Crippen LogP contribution in [-0.4, -0.2) is 40.8 Å².